The first-order chi connectivity index (χ1) is 8.45. The van der Waals surface area contributed by atoms with E-state index < -0.39 is 12.0 Å². The number of nitrogens with one attached hydrogen (secondary N) is 1. The van der Waals surface area contributed by atoms with Crippen LogP contribution in [0.25, 0.3) is 0 Å². The molecular formula is C13H22N2O2S. The van der Waals surface area contributed by atoms with Crippen molar-refractivity contribution in [2.24, 2.45) is 5.92 Å². The number of carbonyl (C=O) groups is 1. The molecule has 2 atom stereocenters. The third-order valence-electron chi connectivity index (χ3n) is 3.05. The van der Waals surface area contributed by atoms with Crippen molar-refractivity contribution in [3.05, 3.63) is 16.1 Å². The Morgan fingerprint density at radius 2 is 2.17 bits per heavy atom. The maximum Gasteiger partial charge on any atom is 0.320 e. The van der Waals surface area contributed by atoms with Crippen molar-refractivity contribution < 1.29 is 9.90 Å². The largest absolute Gasteiger partial charge is 0.480 e. The number of thiazole rings is 1. The molecule has 0 amide bonds. The van der Waals surface area contributed by atoms with E-state index in [4.69, 9.17) is 5.11 Å². The fourth-order valence-electron chi connectivity index (χ4n) is 1.65. The number of hydrogen-bond acceptors (Lipinski definition) is 4. The lowest BCUT2D eigenvalue weighted by atomic mass is 9.99. The van der Waals surface area contributed by atoms with Crippen LogP contribution in [-0.4, -0.2) is 22.1 Å². The van der Waals surface area contributed by atoms with Gasteiger partial charge in [-0.05, 0) is 5.92 Å². The van der Waals surface area contributed by atoms with E-state index in [1.54, 1.807) is 11.3 Å². The van der Waals surface area contributed by atoms with Crippen molar-refractivity contribution in [1.82, 2.24) is 10.3 Å². The van der Waals surface area contributed by atoms with Gasteiger partial charge in [0.25, 0.3) is 0 Å². The molecule has 0 aliphatic rings. The third-order valence-corrected chi connectivity index (χ3v) is 4.24. The molecule has 0 radical (unpaired) electrons. The number of hydrogen-bond donors (Lipinski definition) is 2. The van der Waals surface area contributed by atoms with E-state index in [9.17, 15) is 4.79 Å². The fourth-order valence-corrected chi connectivity index (χ4v) is 2.49. The first-order valence-electron chi connectivity index (χ1n) is 6.36. The molecular weight excluding hydrogens is 248 g/mol. The second kappa shape index (κ2) is 6.85. The van der Waals surface area contributed by atoms with Crippen LogP contribution in [0.2, 0.25) is 0 Å². The summed E-state index contributed by atoms with van der Waals surface area (Å²) in [6.45, 7) is 8.68. The van der Waals surface area contributed by atoms with Gasteiger partial charge in [-0.15, -0.1) is 11.3 Å². The van der Waals surface area contributed by atoms with E-state index in [1.165, 1.54) is 0 Å². The average Bonchev–Trinajstić information content (AvgIpc) is 2.77. The van der Waals surface area contributed by atoms with E-state index in [1.807, 2.05) is 19.2 Å². The van der Waals surface area contributed by atoms with E-state index in [0.29, 0.717) is 12.5 Å². The molecule has 0 bridgehead atoms. The highest BCUT2D eigenvalue weighted by molar-refractivity contribution is 7.09. The van der Waals surface area contributed by atoms with Crippen LogP contribution >= 0.6 is 11.3 Å². The Kier molecular flexibility index (Phi) is 5.75. The highest BCUT2D eigenvalue weighted by Crippen LogP contribution is 2.19. The molecule has 0 unspecified atom stereocenters. The minimum absolute atomic E-state index is 0.116. The van der Waals surface area contributed by atoms with Crippen LogP contribution in [0, 0.1) is 5.92 Å². The molecule has 5 heteroatoms. The van der Waals surface area contributed by atoms with Crippen molar-refractivity contribution in [1.29, 1.82) is 0 Å². The van der Waals surface area contributed by atoms with Gasteiger partial charge in [-0.25, -0.2) is 4.98 Å². The highest BCUT2D eigenvalue weighted by Gasteiger charge is 2.22. The quantitative estimate of drug-likeness (QED) is 0.799. The zero-order chi connectivity index (χ0) is 13.7. The molecule has 0 saturated carbocycles. The summed E-state index contributed by atoms with van der Waals surface area (Å²) in [4.78, 5) is 15.6. The maximum absolute atomic E-state index is 11.2. The molecule has 1 aromatic heterocycles. The summed E-state index contributed by atoms with van der Waals surface area (Å²) in [7, 11) is 0. The van der Waals surface area contributed by atoms with Gasteiger partial charge in [0.1, 0.15) is 6.04 Å². The highest BCUT2D eigenvalue weighted by atomic mass is 32.1. The molecule has 0 fully saturated rings. The van der Waals surface area contributed by atoms with Crippen LogP contribution in [0.1, 0.15) is 50.7 Å². The summed E-state index contributed by atoms with van der Waals surface area (Å²) in [6.07, 6.45) is 0.846. The van der Waals surface area contributed by atoms with Gasteiger partial charge in [0.05, 0.1) is 10.7 Å². The summed E-state index contributed by atoms with van der Waals surface area (Å²) in [5.41, 5.74) is 0.929. The Labute approximate surface area is 112 Å². The van der Waals surface area contributed by atoms with Gasteiger partial charge in [-0.3, -0.25) is 10.1 Å². The van der Waals surface area contributed by atoms with Gasteiger partial charge in [-0.2, -0.15) is 0 Å². The minimum Gasteiger partial charge on any atom is -0.480 e. The van der Waals surface area contributed by atoms with Gasteiger partial charge < -0.3 is 5.11 Å². The van der Waals surface area contributed by atoms with Crippen molar-refractivity contribution in [3.63, 3.8) is 0 Å². The van der Waals surface area contributed by atoms with Crippen LogP contribution < -0.4 is 5.32 Å². The average molecular weight is 270 g/mol. The van der Waals surface area contributed by atoms with Gasteiger partial charge in [-0.1, -0.05) is 34.1 Å². The number of carboxylic acids is 1. The van der Waals surface area contributed by atoms with Crippen molar-refractivity contribution in [2.45, 2.75) is 52.6 Å². The van der Waals surface area contributed by atoms with Gasteiger partial charge >= 0.3 is 5.97 Å². The topological polar surface area (TPSA) is 62.2 Å². The standard InChI is InChI=1S/C13H22N2O2S/c1-5-9(4)11(13(16)17)14-6-10-7-18-12(15-10)8(2)3/h7-9,11,14H,5-6H2,1-4H3,(H,16,17)/t9-,11-/m0/s1. The van der Waals surface area contributed by atoms with Gasteiger partial charge in [0, 0.05) is 17.8 Å². The summed E-state index contributed by atoms with van der Waals surface area (Å²) >= 11 is 1.63. The number of rotatable bonds is 7. The molecule has 0 aromatic carbocycles. The minimum atomic E-state index is -0.788. The summed E-state index contributed by atoms with van der Waals surface area (Å²) in [5.74, 6) is -0.247. The SMILES string of the molecule is CC[C@H](C)[C@H](NCc1csc(C(C)C)n1)C(=O)O. The van der Waals surface area contributed by atoms with Gasteiger partial charge in [0.15, 0.2) is 0 Å². The molecule has 102 valence electrons. The van der Waals surface area contributed by atoms with Crippen molar-refractivity contribution in [2.75, 3.05) is 0 Å². The number of nitrogens with zero attached hydrogens (tertiary/aromatic N) is 1. The molecule has 1 aromatic rings. The van der Waals surface area contributed by atoms with E-state index in [0.717, 1.165) is 17.1 Å². The Bertz CT molecular complexity index is 390. The smallest absolute Gasteiger partial charge is 0.320 e. The molecule has 1 rings (SSSR count). The normalized spacial score (nSPS) is 14.7. The van der Waals surface area contributed by atoms with E-state index in [2.05, 4.69) is 24.1 Å². The molecule has 0 aliphatic carbocycles. The number of aliphatic carboxylic acids is 1. The number of carboxylic acid groups (broad SMARTS) is 1. The Morgan fingerprint density at radius 3 is 2.61 bits per heavy atom. The molecule has 2 N–H and O–H groups in total. The van der Waals surface area contributed by atoms with Crippen molar-refractivity contribution >= 4 is 17.3 Å². The Morgan fingerprint density at radius 1 is 1.50 bits per heavy atom. The van der Waals surface area contributed by atoms with Crippen LogP contribution in [0.3, 0.4) is 0 Å². The monoisotopic (exact) mass is 270 g/mol. The lowest BCUT2D eigenvalue weighted by molar-refractivity contribution is -0.140. The molecule has 0 spiro atoms. The zero-order valence-corrected chi connectivity index (χ0v) is 12.3. The fraction of sp³-hybridized carbons (Fsp3) is 0.692. The molecule has 4 nitrogen and oxygen atoms in total. The second-order valence-corrected chi connectivity index (χ2v) is 5.80. The van der Waals surface area contributed by atoms with E-state index >= 15 is 0 Å². The third kappa shape index (κ3) is 4.07. The van der Waals surface area contributed by atoms with Crippen LogP contribution in [0.15, 0.2) is 5.38 Å². The molecule has 0 saturated heterocycles. The molecule has 18 heavy (non-hydrogen) atoms. The zero-order valence-electron chi connectivity index (χ0n) is 11.4. The predicted molar refractivity (Wildman–Crippen MR) is 73.9 cm³/mol. The maximum atomic E-state index is 11.2. The second-order valence-electron chi connectivity index (χ2n) is 4.91. The first kappa shape index (κ1) is 15.1. The molecule has 1 heterocycles. The van der Waals surface area contributed by atoms with Crippen LogP contribution in [0.5, 0.6) is 0 Å². The van der Waals surface area contributed by atoms with Crippen LogP contribution in [0.4, 0.5) is 0 Å². The number of aromatic nitrogens is 1. The van der Waals surface area contributed by atoms with Crippen molar-refractivity contribution in [3.8, 4) is 0 Å². The summed E-state index contributed by atoms with van der Waals surface area (Å²) in [5, 5.41) is 15.3. The lowest BCUT2D eigenvalue weighted by Gasteiger charge is -2.19. The Hall–Kier alpha value is -0.940. The molecule has 0 aliphatic heterocycles. The summed E-state index contributed by atoms with van der Waals surface area (Å²) < 4.78 is 0. The van der Waals surface area contributed by atoms with E-state index in [-0.39, 0.29) is 5.92 Å². The summed E-state index contributed by atoms with van der Waals surface area (Å²) in [6, 6.07) is -0.501. The predicted octanol–water partition coefficient (Wildman–Crippen LogP) is 2.86. The van der Waals surface area contributed by atoms with Gasteiger partial charge in [0.2, 0.25) is 0 Å². The lowest BCUT2D eigenvalue weighted by Crippen LogP contribution is -2.41. The first-order valence-corrected chi connectivity index (χ1v) is 7.24. The van der Waals surface area contributed by atoms with Crippen LogP contribution in [-0.2, 0) is 11.3 Å². The Balaban J connectivity index is 2.58.